The van der Waals surface area contributed by atoms with E-state index in [-0.39, 0.29) is 6.04 Å². The second-order valence-corrected chi connectivity index (χ2v) is 5.63. The molecule has 1 atom stereocenters. The van der Waals surface area contributed by atoms with Gasteiger partial charge in [0.2, 0.25) is 0 Å². The number of hydrogen-bond donors (Lipinski definition) is 1. The van der Waals surface area contributed by atoms with Crippen LogP contribution >= 0.6 is 11.6 Å². The van der Waals surface area contributed by atoms with Crippen molar-refractivity contribution in [3.05, 3.63) is 40.4 Å². The van der Waals surface area contributed by atoms with E-state index < -0.39 is 0 Å². The Kier molecular flexibility index (Phi) is 4.89. The SMILES string of the molecule is CCc1nn(CC)c(Cn2ccc(CC(C)N)c2)c1Cl. The van der Waals surface area contributed by atoms with E-state index in [1.807, 2.05) is 11.6 Å². The van der Waals surface area contributed by atoms with Gasteiger partial charge in [0.05, 0.1) is 23.0 Å². The zero-order chi connectivity index (χ0) is 14.7. The van der Waals surface area contributed by atoms with Crippen LogP contribution in [0.4, 0.5) is 0 Å². The van der Waals surface area contributed by atoms with Crippen molar-refractivity contribution in [2.45, 2.75) is 52.7 Å². The Morgan fingerprint density at radius 1 is 1.40 bits per heavy atom. The van der Waals surface area contributed by atoms with Crippen LogP contribution in [0.5, 0.6) is 0 Å². The van der Waals surface area contributed by atoms with Gasteiger partial charge in [0.25, 0.3) is 0 Å². The summed E-state index contributed by atoms with van der Waals surface area (Å²) < 4.78 is 4.14. The maximum Gasteiger partial charge on any atom is 0.0868 e. The van der Waals surface area contributed by atoms with Crippen LogP contribution in [0.3, 0.4) is 0 Å². The maximum atomic E-state index is 6.43. The van der Waals surface area contributed by atoms with E-state index >= 15 is 0 Å². The second-order valence-electron chi connectivity index (χ2n) is 5.25. The highest BCUT2D eigenvalue weighted by atomic mass is 35.5. The van der Waals surface area contributed by atoms with Crippen LogP contribution in [0, 0.1) is 0 Å². The fourth-order valence-electron chi connectivity index (χ4n) is 2.42. The number of nitrogens with two attached hydrogens (primary N) is 1. The van der Waals surface area contributed by atoms with Gasteiger partial charge in [-0.25, -0.2) is 0 Å². The molecule has 0 saturated carbocycles. The lowest BCUT2D eigenvalue weighted by atomic mass is 10.1. The normalized spacial score (nSPS) is 12.8. The summed E-state index contributed by atoms with van der Waals surface area (Å²) in [6.07, 6.45) is 5.97. The molecule has 0 spiro atoms. The number of halogens is 1. The van der Waals surface area contributed by atoms with Crippen LogP contribution in [-0.2, 0) is 25.9 Å². The van der Waals surface area contributed by atoms with Crippen LogP contribution in [0.1, 0.15) is 37.7 Å². The minimum absolute atomic E-state index is 0.183. The van der Waals surface area contributed by atoms with Gasteiger partial charge in [-0.05, 0) is 38.3 Å². The first-order chi connectivity index (χ1) is 9.55. The summed E-state index contributed by atoms with van der Waals surface area (Å²) in [4.78, 5) is 0. The first-order valence-electron chi connectivity index (χ1n) is 7.19. The van der Waals surface area contributed by atoms with Gasteiger partial charge >= 0.3 is 0 Å². The van der Waals surface area contributed by atoms with E-state index in [1.54, 1.807) is 0 Å². The Balaban J connectivity index is 2.21. The summed E-state index contributed by atoms with van der Waals surface area (Å²) >= 11 is 6.43. The molecule has 0 aromatic carbocycles. The molecule has 110 valence electrons. The molecule has 0 aliphatic heterocycles. The molecule has 1 unspecified atom stereocenters. The fourth-order valence-corrected chi connectivity index (χ4v) is 2.75. The van der Waals surface area contributed by atoms with Crippen molar-refractivity contribution in [1.82, 2.24) is 14.3 Å². The summed E-state index contributed by atoms with van der Waals surface area (Å²) in [5.74, 6) is 0. The van der Waals surface area contributed by atoms with E-state index in [2.05, 4.69) is 42.0 Å². The lowest BCUT2D eigenvalue weighted by molar-refractivity contribution is 0.595. The molecule has 20 heavy (non-hydrogen) atoms. The summed E-state index contributed by atoms with van der Waals surface area (Å²) in [7, 11) is 0. The molecule has 0 aliphatic carbocycles. The average Bonchev–Trinajstić information content (AvgIpc) is 2.95. The third-order valence-corrected chi connectivity index (χ3v) is 3.83. The number of aryl methyl sites for hydroxylation is 2. The molecular weight excluding hydrogens is 272 g/mol. The Morgan fingerprint density at radius 3 is 2.75 bits per heavy atom. The molecule has 5 heteroatoms. The number of hydrogen-bond acceptors (Lipinski definition) is 2. The minimum atomic E-state index is 0.183. The highest BCUT2D eigenvalue weighted by Gasteiger charge is 2.14. The van der Waals surface area contributed by atoms with Crippen molar-refractivity contribution in [3.8, 4) is 0 Å². The molecule has 2 N–H and O–H groups in total. The second kappa shape index (κ2) is 6.46. The molecule has 2 heterocycles. The highest BCUT2D eigenvalue weighted by molar-refractivity contribution is 6.31. The topological polar surface area (TPSA) is 48.8 Å². The predicted molar refractivity (Wildman–Crippen MR) is 83.2 cm³/mol. The van der Waals surface area contributed by atoms with Crippen LogP contribution < -0.4 is 5.73 Å². The van der Waals surface area contributed by atoms with E-state index in [4.69, 9.17) is 17.3 Å². The van der Waals surface area contributed by atoms with Gasteiger partial charge in [0.15, 0.2) is 0 Å². The summed E-state index contributed by atoms with van der Waals surface area (Å²) in [6.45, 7) is 7.77. The number of nitrogens with zero attached hydrogens (tertiary/aromatic N) is 3. The van der Waals surface area contributed by atoms with Crippen molar-refractivity contribution < 1.29 is 0 Å². The highest BCUT2D eigenvalue weighted by Crippen LogP contribution is 2.22. The third-order valence-electron chi connectivity index (χ3n) is 3.40. The van der Waals surface area contributed by atoms with Crippen molar-refractivity contribution in [2.24, 2.45) is 5.73 Å². The summed E-state index contributed by atoms with van der Waals surface area (Å²) in [6, 6.07) is 2.30. The molecule has 0 saturated heterocycles. The zero-order valence-corrected chi connectivity index (χ0v) is 13.2. The Bertz CT molecular complexity index is 568. The monoisotopic (exact) mass is 294 g/mol. The molecule has 2 aromatic heterocycles. The number of aromatic nitrogens is 3. The minimum Gasteiger partial charge on any atom is -0.348 e. The van der Waals surface area contributed by atoms with Gasteiger partial charge in [0.1, 0.15) is 0 Å². The lowest BCUT2D eigenvalue weighted by Gasteiger charge is -2.07. The van der Waals surface area contributed by atoms with Crippen molar-refractivity contribution in [2.75, 3.05) is 0 Å². The van der Waals surface area contributed by atoms with Crippen LogP contribution in [0.15, 0.2) is 18.5 Å². The zero-order valence-electron chi connectivity index (χ0n) is 12.4. The van der Waals surface area contributed by atoms with Crippen molar-refractivity contribution in [1.29, 1.82) is 0 Å². The van der Waals surface area contributed by atoms with Gasteiger partial charge < -0.3 is 10.3 Å². The largest absolute Gasteiger partial charge is 0.348 e. The maximum absolute atomic E-state index is 6.43. The first-order valence-corrected chi connectivity index (χ1v) is 7.57. The molecule has 4 nitrogen and oxygen atoms in total. The van der Waals surface area contributed by atoms with Crippen LogP contribution in [0.25, 0.3) is 0 Å². The van der Waals surface area contributed by atoms with Gasteiger partial charge in [-0.2, -0.15) is 5.10 Å². The predicted octanol–water partition coefficient (Wildman–Crippen LogP) is 2.86. The van der Waals surface area contributed by atoms with E-state index in [0.717, 1.165) is 42.3 Å². The van der Waals surface area contributed by atoms with Gasteiger partial charge in [-0.1, -0.05) is 18.5 Å². The smallest absolute Gasteiger partial charge is 0.0868 e. The van der Waals surface area contributed by atoms with E-state index in [1.165, 1.54) is 5.56 Å². The van der Waals surface area contributed by atoms with Gasteiger partial charge in [-0.3, -0.25) is 4.68 Å². The molecule has 0 amide bonds. The van der Waals surface area contributed by atoms with Gasteiger partial charge in [-0.15, -0.1) is 0 Å². The van der Waals surface area contributed by atoms with Crippen LogP contribution in [0.2, 0.25) is 5.02 Å². The molecule has 2 aromatic rings. The lowest BCUT2D eigenvalue weighted by Crippen LogP contribution is -2.17. The van der Waals surface area contributed by atoms with E-state index in [9.17, 15) is 0 Å². The third kappa shape index (κ3) is 3.25. The van der Waals surface area contributed by atoms with Crippen molar-refractivity contribution >= 4 is 11.6 Å². The Labute approximate surface area is 125 Å². The fraction of sp³-hybridized carbons (Fsp3) is 0.533. The average molecular weight is 295 g/mol. The molecule has 0 bridgehead atoms. The molecule has 0 radical (unpaired) electrons. The van der Waals surface area contributed by atoms with Crippen LogP contribution in [-0.4, -0.2) is 20.4 Å². The van der Waals surface area contributed by atoms with Gasteiger partial charge in [0, 0.05) is 25.0 Å². The first kappa shape index (κ1) is 15.1. The molecule has 0 fully saturated rings. The Morgan fingerprint density at radius 2 is 2.15 bits per heavy atom. The Hall–Kier alpha value is -1.26. The van der Waals surface area contributed by atoms with E-state index in [0.29, 0.717) is 0 Å². The summed E-state index contributed by atoms with van der Waals surface area (Å²) in [5, 5.41) is 5.35. The summed E-state index contributed by atoms with van der Waals surface area (Å²) in [5.41, 5.74) is 9.15. The molecule has 0 aliphatic rings. The molecular formula is C15H23ClN4. The molecule has 2 rings (SSSR count). The number of rotatable bonds is 6. The quantitative estimate of drug-likeness (QED) is 0.890. The van der Waals surface area contributed by atoms with Crippen molar-refractivity contribution in [3.63, 3.8) is 0 Å². The standard InChI is InChI=1S/C15H23ClN4/c1-4-13-15(16)14(20(5-2)18-13)10-19-7-6-12(9-19)8-11(3)17/h6-7,9,11H,4-5,8,10,17H2,1-3H3.